The molecule has 0 bridgehead atoms. The lowest BCUT2D eigenvalue weighted by molar-refractivity contribution is -0.178. The summed E-state index contributed by atoms with van der Waals surface area (Å²) in [6.45, 7) is 8.17. The summed E-state index contributed by atoms with van der Waals surface area (Å²) in [6, 6.07) is 9.54. The third-order valence-corrected chi connectivity index (χ3v) is 5.57. The fraction of sp³-hybridized carbons (Fsp3) is 0.417. The van der Waals surface area contributed by atoms with E-state index in [1.54, 1.807) is 32.3 Å². The molecular weight excluding hydrogens is 454 g/mol. The van der Waals surface area contributed by atoms with E-state index in [1.807, 2.05) is 30.3 Å². The number of hydrogen-bond acceptors (Lipinski definition) is 8. The number of aromatic nitrogens is 4. The predicted octanol–water partition coefficient (Wildman–Crippen LogP) is 2.23. The van der Waals surface area contributed by atoms with Crippen molar-refractivity contribution in [3.63, 3.8) is 0 Å². The summed E-state index contributed by atoms with van der Waals surface area (Å²) in [6.07, 6.45) is -1.31. The Morgan fingerprint density at radius 3 is 2.14 bits per heavy atom. The number of hydrogen-bond donors (Lipinski definition) is 0. The maximum Gasteiger partial charge on any atom is 0.310 e. The lowest BCUT2D eigenvalue weighted by Crippen LogP contribution is -2.43. The van der Waals surface area contributed by atoms with E-state index in [0.29, 0.717) is 6.54 Å². The molecule has 35 heavy (non-hydrogen) atoms. The number of imidazole rings is 1. The molecule has 11 nitrogen and oxygen atoms in total. The second-order valence-electron chi connectivity index (χ2n) is 8.97. The molecule has 184 valence electrons. The highest BCUT2D eigenvalue weighted by molar-refractivity contribution is 5.92. The Hall–Kier alpha value is -4.02. The number of benzene rings is 1. The van der Waals surface area contributed by atoms with E-state index in [4.69, 9.17) is 9.47 Å². The van der Waals surface area contributed by atoms with Crippen molar-refractivity contribution in [1.29, 1.82) is 0 Å². The zero-order valence-electron chi connectivity index (χ0n) is 20.2. The fourth-order valence-electron chi connectivity index (χ4n) is 3.71. The van der Waals surface area contributed by atoms with Gasteiger partial charge in [0.25, 0.3) is 5.56 Å². The highest BCUT2D eigenvalue weighted by Crippen LogP contribution is 2.35. The summed E-state index contributed by atoms with van der Waals surface area (Å²) in [5, 5.41) is 0. The molecule has 0 saturated heterocycles. The molecular formula is C24H27N5O6. The molecule has 2 unspecified atom stereocenters. The molecule has 0 fully saturated rings. The SMILES string of the molecule is CC(=O)N1c2nc3c(ncn3Cc3ccccc3)c(=O)n2C(OC(=O)C(C)C)C1OC(=O)C(C)C. The number of carbonyl (C=O) groups excluding carboxylic acids is 3. The third-order valence-electron chi connectivity index (χ3n) is 5.57. The van der Waals surface area contributed by atoms with Gasteiger partial charge in [-0.15, -0.1) is 0 Å². The van der Waals surface area contributed by atoms with E-state index in [9.17, 15) is 19.2 Å². The van der Waals surface area contributed by atoms with Gasteiger partial charge < -0.3 is 14.0 Å². The first kappa shape index (κ1) is 24.1. The minimum absolute atomic E-state index is 0.0367. The topological polar surface area (TPSA) is 126 Å². The number of ether oxygens (including phenoxy) is 2. The van der Waals surface area contributed by atoms with Gasteiger partial charge in [-0.2, -0.15) is 4.98 Å². The quantitative estimate of drug-likeness (QED) is 0.491. The molecule has 0 radical (unpaired) electrons. The Morgan fingerprint density at radius 1 is 0.971 bits per heavy atom. The van der Waals surface area contributed by atoms with E-state index in [-0.39, 0.29) is 17.1 Å². The number of fused-ring (bicyclic) bond motifs is 2. The molecule has 0 aliphatic carbocycles. The van der Waals surface area contributed by atoms with E-state index >= 15 is 0 Å². The first-order valence-electron chi connectivity index (χ1n) is 11.3. The molecule has 3 heterocycles. The molecule has 2 aromatic heterocycles. The second-order valence-corrected chi connectivity index (χ2v) is 8.97. The van der Waals surface area contributed by atoms with Crippen LogP contribution in [0.3, 0.4) is 0 Å². The smallest absolute Gasteiger partial charge is 0.310 e. The van der Waals surface area contributed by atoms with Gasteiger partial charge in [-0.05, 0) is 5.56 Å². The minimum atomic E-state index is -1.41. The summed E-state index contributed by atoms with van der Waals surface area (Å²) in [7, 11) is 0. The van der Waals surface area contributed by atoms with E-state index in [2.05, 4.69) is 9.97 Å². The van der Waals surface area contributed by atoms with Gasteiger partial charge in [0.05, 0.1) is 24.7 Å². The van der Waals surface area contributed by atoms with Crippen LogP contribution in [-0.4, -0.2) is 43.2 Å². The highest BCUT2D eigenvalue weighted by atomic mass is 16.6. The van der Waals surface area contributed by atoms with Crippen molar-refractivity contribution in [3.8, 4) is 0 Å². The van der Waals surface area contributed by atoms with Crippen molar-refractivity contribution < 1.29 is 23.9 Å². The van der Waals surface area contributed by atoms with Gasteiger partial charge in [-0.1, -0.05) is 58.0 Å². The Kier molecular flexibility index (Phi) is 6.42. The van der Waals surface area contributed by atoms with Crippen molar-refractivity contribution in [2.45, 2.75) is 53.6 Å². The van der Waals surface area contributed by atoms with Gasteiger partial charge in [0.2, 0.25) is 24.3 Å². The Labute approximate surface area is 201 Å². The predicted molar refractivity (Wildman–Crippen MR) is 125 cm³/mol. The van der Waals surface area contributed by atoms with Crippen LogP contribution in [0.15, 0.2) is 41.5 Å². The molecule has 0 saturated carbocycles. The Bertz CT molecular complexity index is 1340. The molecule has 4 rings (SSSR count). The van der Waals surface area contributed by atoms with E-state index in [1.165, 1.54) is 13.3 Å². The van der Waals surface area contributed by atoms with Gasteiger partial charge in [0.1, 0.15) is 0 Å². The lowest BCUT2D eigenvalue weighted by Gasteiger charge is -2.26. The average molecular weight is 482 g/mol. The van der Waals surface area contributed by atoms with Crippen LogP contribution >= 0.6 is 0 Å². The van der Waals surface area contributed by atoms with E-state index < -0.39 is 47.7 Å². The normalized spacial score (nSPS) is 17.2. The van der Waals surface area contributed by atoms with Crippen LogP contribution < -0.4 is 10.5 Å². The van der Waals surface area contributed by atoms with Crippen LogP contribution in [0, 0.1) is 11.8 Å². The number of amides is 1. The second kappa shape index (κ2) is 9.32. The lowest BCUT2D eigenvalue weighted by atomic mass is 10.2. The summed E-state index contributed by atoms with van der Waals surface area (Å²) >= 11 is 0. The molecule has 3 aromatic rings. The van der Waals surface area contributed by atoms with Crippen molar-refractivity contribution in [3.05, 3.63) is 52.6 Å². The number of rotatable bonds is 6. The first-order chi connectivity index (χ1) is 16.6. The Morgan fingerprint density at radius 2 is 1.57 bits per heavy atom. The maximum absolute atomic E-state index is 13.6. The third kappa shape index (κ3) is 4.41. The zero-order valence-corrected chi connectivity index (χ0v) is 20.2. The van der Waals surface area contributed by atoms with Gasteiger partial charge >= 0.3 is 11.9 Å². The van der Waals surface area contributed by atoms with Gasteiger partial charge in [0, 0.05) is 6.92 Å². The van der Waals surface area contributed by atoms with Crippen LogP contribution in [0.1, 0.15) is 46.4 Å². The summed E-state index contributed by atoms with van der Waals surface area (Å²) < 4.78 is 13.9. The molecule has 11 heteroatoms. The molecule has 1 aromatic carbocycles. The Balaban J connectivity index is 1.88. The van der Waals surface area contributed by atoms with Gasteiger partial charge in [-0.25, -0.2) is 14.5 Å². The first-order valence-corrected chi connectivity index (χ1v) is 11.3. The van der Waals surface area contributed by atoms with Crippen molar-refractivity contribution in [2.75, 3.05) is 4.90 Å². The van der Waals surface area contributed by atoms with Crippen LogP contribution in [-0.2, 0) is 30.4 Å². The zero-order chi connectivity index (χ0) is 25.4. The number of nitrogens with zero attached hydrogens (tertiary/aromatic N) is 5. The average Bonchev–Trinajstić information content (AvgIpc) is 3.34. The molecule has 1 aliphatic rings. The van der Waals surface area contributed by atoms with Crippen LogP contribution in [0.2, 0.25) is 0 Å². The van der Waals surface area contributed by atoms with Crippen LogP contribution in [0.5, 0.6) is 0 Å². The molecule has 0 spiro atoms. The molecule has 1 amide bonds. The number of esters is 2. The summed E-state index contributed by atoms with van der Waals surface area (Å²) in [5.74, 6) is -2.92. The molecule has 1 aliphatic heterocycles. The van der Waals surface area contributed by atoms with Crippen molar-refractivity contribution in [1.82, 2.24) is 19.1 Å². The van der Waals surface area contributed by atoms with E-state index in [0.717, 1.165) is 15.0 Å². The number of anilines is 1. The largest absolute Gasteiger partial charge is 0.434 e. The summed E-state index contributed by atoms with van der Waals surface area (Å²) in [5.41, 5.74) is 0.633. The molecule has 2 atom stereocenters. The number of carbonyl (C=O) groups is 3. The maximum atomic E-state index is 13.6. The van der Waals surface area contributed by atoms with Crippen molar-refractivity contribution >= 4 is 35.0 Å². The standard InChI is InChI=1S/C24H27N5O6/c1-13(2)22(32)34-20-21(35-23(33)14(3)4)29-19(31)17-18(26-24(29)28(20)15(5)30)27(12-25-17)11-16-9-7-6-8-10-16/h6-10,12-14,20-21H,11H2,1-5H3. The van der Waals surface area contributed by atoms with Crippen molar-refractivity contribution in [2.24, 2.45) is 11.8 Å². The van der Waals surface area contributed by atoms with Crippen LogP contribution in [0.25, 0.3) is 11.2 Å². The highest BCUT2D eigenvalue weighted by Gasteiger charge is 2.48. The minimum Gasteiger partial charge on any atom is -0.434 e. The van der Waals surface area contributed by atoms with Gasteiger partial charge in [-0.3, -0.25) is 19.2 Å². The van der Waals surface area contributed by atoms with Gasteiger partial charge in [0.15, 0.2) is 11.2 Å². The monoisotopic (exact) mass is 481 g/mol. The van der Waals surface area contributed by atoms with Crippen LogP contribution in [0.4, 0.5) is 5.95 Å². The summed E-state index contributed by atoms with van der Waals surface area (Å²) in [4.78, 5) is 61.1. The fourth-order valence-corrected chi connectivity index (χ4v) is 3.71. The molecule has 0 N–H and O–H groups in total.